The molecule has 2 heterocycles. The highest BCUT2D eigenvalue weighted by Crippen LogP contribution is 2.30. The molecule has 27 heavy (non-hydrogen) atoms. The van der Waals surface area contributed by atoms with Crippen LogP contribution in [0.4, 0.5) is 0 Å². The number of ether oxygens (including phenoxy) is 1. The lowest BCUT2D eigenvalue weighted by atomic mass is 9.83. The maximum Gasteiger partial charge on any atom is 0.305 e. The fraction of sp³-hybridized carbons (Fsp3) is 0.737. The molecule has 0 unspecified atom stereocenters. The van der Waals surface area contributed by atoms with E-state index in [1.807, 2.05) is 0 Å². The number of hydrogen-bond donors (Lipinski definition) is 2. The zero-order chi connectivity index (χ0) is 18.4. The first-order chi connectivity index (χ1) is 12.7. The Morgan fingerprint density at radius 1 is 1.22 bits per heavy atom. The molecule has 2 fully saturated rings. The average molecular weight is 460 g/mol. The molecule has 1 saturated carbocycles. The minimum absolute atomic E-state index is 0. The van der Waals surface area contributed by atoms with Crippen LogP contribution in [0, 0.1) is 5.92 Å². The minimum atomic E-state index is -0.129. The monoisotopic (exact) mass is 459 g/mol. The Hall–Kier alpha value is -0.990. The van der Waals surface area contributed by atoms with Crippen LogP contribution in [0.1, 0.15) is 72.0 Å². The number of rotatable bonds is 6. The Labute approximate surface area is 175 Å². The third kappa shape index (κ3) is 6.54. The number of aromatic nitrogens is 1. The van der Waals surface area contributed by atoms with Crippen molar-refractivity contribution in [3.63, 3.8) is 0 Å². The van der Waals surface area contributed by atoms with E-state index in [1.165, 1.54) is 7.11 Å². The Kier molecular flexibility index (Phi) is 9.18. The van der Waals surface area contributed by atoms with E-state index in [2.05, 4.69) is 15.6 Å². The van der Waals surface area contributed by atoms with E-state index < -0.39 is 0 Å². The standard InChI is InChI=1S/C19H29N3O3S.BrH/c1-25-17(23)7-4-13-2-5-15(6-3-13)22-18(24)16-12-21-19(26-16)14-8-10-20-11-9-14;/h12-15,20H,2-11H2,1H3,(H,22,24);1H. The van der Waals surface area contributed by atoms with Crippen molar-refractivity contribution >= 4 is 40.2 Å². The molecule has 0 aromatic carbocycles. The lowest BCUT2D eigenvalue weighted by Gasteiger charge is -2.28. The first-order valence-corrected chi connectivity index (χ1v) is 10.5. The summed E-state index contributed by atoms with van der Waals surface area (Å²) in [6.07, 6.45) is 9.42. The fourth-order valence-corrected chi connectivity index (χ4v) is 4.92. The van der Waals surface area contributed by atoms with Crippen LogP contribution in [-0.2, 0) is 9.53 Å². The second kappa shape index (κ2) is 11.1. The molecule has 0 atom stereocenters. The molecule has 3 rings (SSSR count). The molecule has 1 saturated heterocycles. The Bertz CT molecular complexity index is 611. The van der Waals surface area contributed by atoms with Crippen molar-refractivity contribution in [1.82, 2.24) is 15.6 Å². The highest BCUT2D eigenvalue weighted by molar-refractivity contribution is 8.93. The molecule has 0 radical (unpaired) electrons. The second-order valence-corrected chi connectivity index (χ2v) is 8.46. The van der Waals surface area contributed by atoms with E-state index in [0.717, 1.165) is 67.9 Å². The van der Waals surface area contributed by atoms with Crippen molar-refractivity contribution in [2.24, 2.45) is 5.92 Å². The maximum absolute atomic E-state index is 12.5. The molecule has 1 amide bonds. The molecule has 0 bridgehead atoms. The summed E-state index contributed by atoms with van der Waals surface area (Å²) in [6.45, 7) is 2.07. The summed E-state index contributed by atoms with van der Waals surface area (Å²) in [4.78, 5) is 29.0. The predicted octanol–water partition coefficient (Wildman–Crippen LogP) is 3.43. The van der Waals surface area contributed by atoms with Gasteiger partial charge in [0.2, 0.25) is 0 Å². The molecule has 1 aromatic heterocycles. The Morgan fingerprint density at radius 3 is 2.59 bits per heavy atom. The number of carbonyl (C=O) groups is 2. The van der Waals surface area contributed by atoms with E-state index in [0.29, 0.717) is 18.3 Å². The van der Waals surface area contributed by atoms with E-state index in [-0.39, 0.29) is 34.9 Å². The van der Waals surface area contributed by atoms with Crippen LogP contribution in [0.25, 0.3) is 0 Å². The van der Waals surface area contributed by atoms with E-state index in [1.54, 1.807) is 17.5 Å². The molecular formula is C19H30BrN3O3S. The summed E-state index contributed by atoms with van der Waals surface area (Å²) >= 11 is 1.55. The van der Waals surface area contributed by atoms with Crippen LogP contribution in [0.15, 0.2) is 6.20 Å². The third-order valence-electron chi connectivity index (χ3n) is 5.60. The van der Waals surface area contributed by atoms with Gasteiger partial charge >= 0.3 is 5.97 Å². The quantitative estimate of drug-likeness (QED) is 0.636. The Morgan fingerprint density at radius 2 is 1.93 bits per heavy atom. The van der Waals surface area contributed by atoms with Crippen molar-refractivity contribution in [2.45, 2.75) is 63.3 Å². The molecule has 1 aliphatic carbocycles. The van der Waals surface area contributed by atoms with Gasteiger partial charge in [0.25, 0.3) is 5.91 Å². The summed E-state index contributed by atoms with van der Waals surface area (Å²) in [5.41, 5.74) is 0. The maximum atomic E-state index is 12.5. The van der Waals surface area contributed by atoms with Gasteiger partial charge in [-0.3, -0.25) is 9.59 Å². The lowest BCUT2D eigenvalue weighted by molar-refractivity contribution is -0.141. The lowest BCUT2D eigenvalue weighted by Crippen LogP contribution is -2.37. The highest BCUT2D eigenvalue weighted by Gasteiger charge is 2.25. The van der Waals surface area contributed by atoms with Gasteiger partial charge in [0.1, 0.15) is 4.88 Å². The van der Waals surface area contributed by atoms with Crippen LogP contribution in [-0.4, -0.2) is 43.1 Å². The number of methoxy groups -OCH3 is 1. The van der Waals surface area contributed by atoms with Gasteiger partial charge in [-0.25, -0.2) is 4.98 Å². The van der Waals surface area contributed by atoms with Crippen LogP contribution >= 0.6 is 28.3 Å². The Balaban J connectivity index is 0.00000261. The van der Waals surface area contributed by atoms with Crippen molar-refractivity contribution in [1.29, 1.82) is 0 Å². The van der Waals surface area contributed by atoms with Gasteiger partial charge in [-0.2, -0.15) is 0 Å². The molecule has 1 aliphatic heterocycles. The number of esters is 1. The number of nitrogens with one attached hydrogen (secondary N) is 2. The largest absolute Gasteiger partial charge is 0.469 e. The average Bonchev–Trinajstić information content (AvgIpc) is 3.18. The van der Waals surface area contributed by atoms with Gasteiger partial charge in [-0.15, -0.1) is 28.3 Å². The zero-order valence-corrected chi connectivity index (χ0v) is 18.4. The summed E-state index contributed by atoms with van der Waals surface area (Å²) in [6, 6.07) is 0.237. The number of nitrogens with zero attached hydrogens (tertiary/aromatic N) is 1. The fourth-order valence-electron chi connectivity index (χ4n) is 3.93. The predicted molar refractivity (Wildman–Crippen MR) is 112 cm³/mol. The van der Waals surface area contributed by atoms with Gasteiger partial charge in [0.15, 0.2) is 0 Å². The summed E-state index contributed by atoms with van der Waals surface area (Å²) in [5.74, 6) is 0.945. The molecule has 1 aromatic rings. The van der Waals surface area contributed by atoms with Crippen LogP contribution in [0.5, 0.6) is 0 Å². The SMILES string of the molecule is Br.COC(=O)CCC1CCC(NC(=O)c2cnc(C3CCNCC3)s2)CC1. The molecule has 152 valence electrons. The van der Waals surface area contributed by atoms with Gasteiger partial charge in [-0.05, 0) is 64.0 Å². The topological polar surface area (TPSA) is 80.3 Å². The number of halogens is 1. The number of hydrogen-bond acceptors (Lipinski definition) is 6. The summed E-state index contributed by atoms with van der Waals surface area (Å²) < 4.78 is 4.71. The number of carbonyl (C=O) groups excluding carboxylic acids is 2. The molecule has 2 aliphatic rings. The normalized spacial score (nSPS) is 23.3. The van der Waals surface area contributed by atoms with Gasteiger partial charge < -0.3 is 15.4 Å². The van der Waals surface area contributed by atoms with Gasteiger partial charge in [0, 0.05) is 18.4 Å². The van der Waals surface area contributed by atoms with Crippen LogP contribution < -0.4 is 10.6 Å². The van der Waals surface area contributed by atoms with Crippen molar-refractivity contribution in [3.05, 3.63) is 16.1 Å². The van der Waals surface area contributed by atoms with Gasteiger partial charge in [-0.1, -0.05) is 0 Å². The van der Waals surface area contributed by atoms with Crippen LogP contribution in [0.3, 0.4) is 0 Å². The van der Waals surface area contributed by atoms with Crippen molar-refractivity contribution < 1.29 is 14.3 Å². The highest BCUT2D eigenvalue weighted by atomic mass is 79.9. The summed E-state index contributed by atoms with van der Waals surface area (Å²) in [7, 11) is 1.44. The number of thiazole rings is 1. The first kappa shape index (κ1) is 22.3. The van der Waals surface area contributed by atoms with E-state index >= 15 is 0 Å². The smallest absolute Gasteiger partial charge is 0.305 e. The molecule has 2 N–H and O–H groups in total. The van der Waals surface area contributed by atoms with Crippen LogP contribution in [0.2, 0.25) is 0 Å². The number of piperidine rings is 1. The molecular weight excluding hydrogens is 430 g/mol. The van der Waals surface area contributed by atoms with Gasteiger partial charge in [0.05, 0.1) is 18.3 Å². The molecule has 0 spiro atoms. The first-order valence-electron chi connectivity index (χ1n) is 9.70. The van der Waals surface area contributed by atoms with E-state index in [4.69, 9.17) is 4.74 Å². The number of amides is 1. The molecule has 8 heteroatoms. The zero-order valence-electron chi connectivity index (χ0n) is 15.9. The molecule has 6 nitrogen and oxygen atoms in total. The summed E-state index contributed by atoms with van der Waals surface area (Å²) in [5, 5.41) is 7.64. The van der Waals surface area contributed by atoms with Crippen molar-refractivity contribution in [3.8, 4) is 0 Å². The third-order valence-corrected chi connectivity index (χ3v) is 6.76. The second-order valence-electron chi connectivity index (χ2n) is 7.39. The van der Waals surface area contributed by atoms with E-state index in [9.17, 15) is 9.59 Å². The van der Waals surface area contributed by atoms with Crippen molar-refractivity contribution in [2.75, 3.05) is 20.2 Å². The minimum Gasteiger partial charge on any atom is -0.469 e.